The molecule has 0 radical (unpaired) electrons. The van der Waals surface area contributed by atoms with E-state index in [1.165, 1.54) is 12.8 Å². The van der Waals surface area contributed by atoms with Crippen molar-refractivity contribution in [2.45, 2.75) is 25.7 Å². The zero-order valence-electron chi connectivity index (χ0n) is 15.2. The lowest BCUT2D eigenvalue weighted by molar-refractivity contribution is 0.0954. The molecule has 6 nitrogen and oxygen atoms in total. The van der Waals surface area contributed by atoms with Gasteiger partial charge in [0.15, 0.2) is 5.96 Å². The Kier molecular flexibility index (Phi) is 13.7. The molecule has 140 valence electrons. The fourth-order valence-electron chi connectivity index (χ4n) is 2.25. The van der Waals surface area contributed by atoms with Crippen molar-refractivity contribution in [1.82, 2.24) is 20.5 Å². The predicted octanol–water partition coefficient (Wildman–Crippen LogP) is 2.68. The van der Waals surface area contributed by atoms with Crippen LogP contribution in [0.1, 0.15) is 36.0 Å². The molecule has 1 amide bonds. The van der Waals surface area contributed by atoms with Crippen molar-refractivity contribution in [2.24, 2.45) is 4.99 Å². The summed E-state index contributed by atoms with van der Waals surface area (Å²) in [4.78, 5) is 22.2. The van der Waals surface area contributed by atoms with Gasteiger partial charge in [-0.05, 0) is 31.4 Å². The standard InChI is InChI=1S/C18H29N5O.HI/c1-4-5-6-7-8-14-23(3)18(19-2)22-13-12-21-17(24)16-10-9-11-20-15-16;/h4,9-11,15H,1,5-8,12-14H2,2-3H3,(H,19,22)(H,21,24);1H. The van der Waals surface area contributed by atoms with E-state index in [0.29, 0.717) is 18.7 Å². The van der Waals surface area contributed by atoms with Gasteiger partial charge in [0.25, 0.3) is 5.91 Å². The molecule has 0 saturated heterocycles. The van der Waals surface area contributed by atoms with Gasteiger partial charge in [-0.1, -0.05) is 12.5 Å². The van der Waals surface area contributed by atoms with Gasteiger partial charge in [0.2, 0.25) is 0 Å². The van der Waals surface area contributed by atoms with Crippen LogP contribution in [0.15, 0.2) is 42.2 Å². The molecule has 0 aliphatic heterocycles. The molecule has 1 heterocycles. The lowest BCUT2D eigenvalue weighted by Crippen LogP contribution is -2.42. The van der Waals surface area contributed by atoms with E-state index in [2.05, 4.69) is 32.1 Å². The number of rotatable bonds is 10. The first-order valence-electron chi connectivity index (χ1n) is 8.40. The second-order valence-corrected chi connectivity index (χ2v) is 5.53. The second kappa shape index (κ2) is 14.7. The first-order chi connectivity index (χ1) is 11.7. The lowest BCUT2D eigenvalue weighted by Gasteiger charge is -2.22. The molecule has 0 fully saturated rings. The summed E-state index contributed by atoms with van der Waals surface area (Å²) in [6.07, 6.45) is 9.75. The van der Waals surface area contributed by atoms with Crippen LogP contribution in [0.3, 0.4) is 0 Å². The Morgan fingerprint density at radius 1 is 1.32 bits per heavy atom. The van der Waals surface area contributed by atoms with Crippen molar-refractivity contribution in [3.8, 4) is 0 Å². The van der Waals surface area contributed by atoms with Crippen LogP contribution in [0.4, 0.5) is 0 Å². The molecule has 2 N–H and O–H groups in total. The van der Waals surface area contributed by atoms with Crippen molar-refractivity contribution in [1.29, 1.82) is 0 Å². The van der Waals surface area contributed by atoms with Crippen molar-refractivity contribution in [3.63, 3.8) is 0 Å². The summed E-state index contributed by atoms with van der Waals surface area (Å²) in [6, 6.07) is 3.49. The number of pyridine rings is 1. The minimum absolute atomic E-state index is 0. The quantitative estimate of drug-likeness (QED) is 0.186. The Labute approximate surface area is 168 Å². The molecular weight excluding hydrogens is 429 g/mol. The normalized spacial score (nSPS) is 10.6. The minimum Gasteiger partial charge on any atom is -0.354 e. The third-order valence-corrected chi connectivity index (χ3v) is 3.59. The van der Waals surface area contributed by atoms with Crippen molar-refractivity contribution >= 4 is 35.8 Å². The SMILES string of the molecule is C=CCCCCCN(C)C(=NC)NCCNC(=O)c1cccnc1.I. The second-order valence-electron chi connectivity index (χ2n) is 5.53. The van der Waals surface area contributed by atoms with Gasteiger partial charge in [-0.3, -0.25) is 14.8 Å². The Morgan fingerprint density at radius 2 is 2.08 bits per heavy atom. The van der Waals surface area contributed by atoms with Crippen LogP contribution >= 0.6 is 24.0 Å². The van der Waals surface area contributed by atoms with Crippen LogP contribution in [0.25, 0.3) is 0 Å². The van der Waals surface area contributed by atoms with Gasteiger partial charge >= 0.3 is 0 Å². The number of unbranched alkanes of at least 4 members (excludes halogenated alkanes) is 3. The van der Waals surface area contributed by atoms with E-state index in [4.69, 9.17) is 0 Å². The summed E-state index contributed by atoms with van der Waals surface area (Å²) in [7, 11) is 3.79. The maximum atomic E-state index is 11.9. The van der Waals surface area contributed by atoms with Crippen molar-refractivity contribution in [2.75, 3.05) is 33.7 Å². The molecule has 0 spiro atoms. The summed E-state index contributed by atoms with van der Waals surface area (Å²) in [6.45, 7) is 5.84. The third-order valence-electron chi connectivity index (χ3n) is 3.59. The zero-order valence-corrected chi connectivity index (χ0v) is 17.5. The molecule has 1 rings (SSSR count). The fraction of sp³-hybridized carbons (Fsp3) is 0.500. The number of hydrogen-bond donors (Lipinski definition) is 2. The maximum Gasteiger partial charge on any atom is 0.252 e. The zero-order chi connectivity index (χ0) is 17.6. The average molecular weight is 459 g/mol. The minimum atomic E-state index is -0.115. The highest BCUT2D eigenvalue weighted by atomic mass is 127. The van der Waals surface area contributed by atoms with Crippen LogP contribution in [0.2, 0.25) is 0 Å². The molecule has 1 aromatic rings. The number of halogens is 1. The van der Waals surface area contributed by atoms with E-state index in [-0.39, 0.29) is 29.9 Å². The van der Waals surface area contributed by atoms with Crippen LogP contribution in [0, 0.1) is 0 Å². The highest BCUT2D eigenvalue weighted by Crippen LogP contribution is 2.01. The van der Waals surface area contributed by atoms with Crippen molar-refractivity contribution in [3.05, 3.63) is 42.7 Å². The average Bonchev–Trinajstić information content (AvgIpc) is 2.62. The number of guanidine groups is 1. The molecule has 0 bridgehead atoms. The summed E-state index contributed by atoms with van der Waals surface area (Å²) in [5, 5.41) is 6.12. The number of aliphatic imine (C=N–C) groups is 1. The Hall–Kier alpha value is -1.64. The van der Waals surface area contributed by atoms with E-state index in [0.717, 1.165) is 25.3 Å². The van der Waals surface area contributed by atoms with Gasteiger partial charge < -0.3 is 15.5 Å². The molecule has 1 aromatic heterocycles. The topological polar surface area (TPSA) is 69.6 Å². The number of amides is 1. The van der Waals surface area contributed by atoms with E-state index in [1.54, 1.807) is 31.6 Å². The van der Waals surface area contributed by atoms with Gasteiger partial charge in [-0.2, -0.15) is 0 Å². The van der Waals surface area contributed by atoms with E-state index >= 15 is 0 Å². The van der Waals surface area contributed by atoms with Crippen LogP contribution in [-0.2, 0) is 0 Å². The number of nitrogens with one attached hydrogen (secondary N) is 2. The molecule has 0 atom stereocenters. The largest absolute Gasteiger partial charge is 0.354 e. The molecule has 0 aliphatic carbocycles. The number of carbonyl (C=O) groups excluding carboxylic acids is 1. The lowest BCUT2D eigenvalue weighted by atomic mass is 10.2. The first-order valence-corrected chi connectivity index (χ1v) is 8.40. The molecule has 0 unspecified atom stereocenters. The highest BCUT2D eigenvalue weighted by Gasteiger charge is 2.06. The van der Waals surface area contributed by atoms with Crippen molar-refractivity contribution < 1.29 is 4.79 Å². The third kappa shape index (κ3) is 10.1. The van der Waals surface area contributed by atoms with Gasteiger partial charge in [0, 0.05) is 46.1 Å². The summed E-state index contributed by atoms with van der Waals surface area (Å²) in [5.41, 5.74) is 0.568. The van der Waals surface area contributed by atoms with E-state index < -0.39 is 0 Å². The molecular formula is C18H30IN5O. The van der Waals surface area contributed by atoms with Gasteiger partial charge in [-0.25, -0.2) is 0 Å². The van der Waals surface area contributed by atoms with E-state index in [1.807, 2.05) is 13.1 Å². The number of aromatic nitrogens is 1. The monoisotopic (exact) mass is 459 g/mol. The molecule has 25 heavy (non-hydrogen) atoms. The Balaban J connectivity index is 0.00000576. The summed E-state index contributed by atoms with van der Waals surface area (Å²) in [5.74, 6) is 0.727. The van der Waals surface area contributed by atoms with E-state index in [9.17, 15) is 4.79 Å². The Morgan fingerprint density at radius 3 is 2.72 bits per heavy atom. The van der Waals surface area contributed by atoms with Crippen LogP contribution in [-0.4, -0.2) is 55.5 Å². The van der Waals surface area contributed by atoms with Crippen LogP contribution in [0.5, 0.6) is 0 Å². The maximum absolute atomic E-state index is 11.9. The van der Waals surface area contributed by atoms with Gasteiger partial charge in [-0.15, -0.1) is 30.6 Å². The fourth-order valence-corrected chi connectivity index (χ4v) is 2.25. The molecule has 7 heteroatoms. The number of allylic oxidation sites excluding steroid dienone is 1. The van der Waals surface area contributed by atoms with Gasteiger partial charge in [0.1, 0.15) is 0 Å². The molecule has 0 aliphatic rings. The number of carbonyl (C=O) groups is 1. The molecule has 0 aromatic carbocycles. The summed E-state index contributed by atoms with van der Waals surface area (Å²) >= 11 is 0. The molecule has 0 saturated carbocycles. The van der Waals surface area contributed by atoms with Crippen LogP contribution < -0.4 is 10.6 Å². The first kappa shape index (κ1) is 23.4. The number of hydrogen-bond acceptors (Lipinski definition) is 3. The highest BCUT2D eigenvalue weighted by molar-refractivity contribution is 14.0. The summed E-state index contributed by atoms with van der Waals surface area (Å²) < 4.78 is 0. The predicted molar refractivity (Wildman–Crippen MR) is 115 cm³/mol. The smallest absolute Gasteiger partial charge is 0.252 e. The Bertz CT molecular complexity index is 521. The van der Waals surface area contributed by atoms with Gasteiger partial charge in [0.05, 0.1) is 5.56 Å². The number of nitrogens with zero attached hydrogens (tertiary/aromatic N) is 3.